The molecule has 0 saturated heterocycles. The average Bonchev–Trinajstić information content (AvgIpc) is 2.62. The number of hydrogen-bond acceptors (Lipinski definition) is 5. The van der Waals surface area contributed by atoms with Crippen molar-refractivity contribution in [1.29, 1.82) is 0 Å². The van der Waals surface area contributed by atoms with E-state index in [1.165, 1.54) is 13.0 Å². The van der Waals surface area contributed by atoms with Crippen LogP contribution in [0.5, 0.6) is 11.5 Å². The summed E-state index contributed by atoms with van der Waals surface area (Å²) in [6, 6.07) is 10.5. The van der Waals surface area contributed by atoms with Crippen molar-refractivity contribution in [2.45, 2.75) is 34.3 Å². The number of fused-ring (bicyclic) bond motifs is 1. The van der Waals surface area contributed by atoms with Crippen LogP contribution in [0, 0.1) is 13.8 Å². The molecule has 5 heteroatoms. The lowest BCUT2D eigenvalue weighted by Crippen LogP contribution is -2.05. The molecule has 1 heterocycles. The maximum atomic E-state index is 11.7. The third-order valence-electron chi connectivity index (χ3n) is 4.47. The van der Waals surface area contributed by atoms with Crippen LogP contribution in [0.1, 0.15) is 40.9 Å². The number of ether oxygens (including phenoxy) is 2. The predicted molar refractivity (Wildman–Crippen MR) is 104 cm³/mol. The number of ketones is 1. The second kappa shape index (κ2) is 7.66. The monoisotopic (exact) mass is 366 g/mol. The van der Waals surface area contributed by atoms with Crippen LogP contribution in [0.15, 0.2) is 45.6 Å². The van der Waals surface area contributed by atoms with Gasteiger partial charge in [0.05, 0.1) is 6.61 Å². The molecule has 0 aliphatic heterocycles. The molecule has 0 N–H and O–H groups in total. The first-order chi connectivity index (χ1) is 12.9. The maximum Gasteiger partial charge on any atom is 0.336 e. The number of Topliss-reactive ketones (excluding diaryl/α,β-unsaturated/α-hetero) is 1. The third-order valence-corrected chi connectivity index (χ3v) is 4.47. The highest BCUT2D eigenvalue weighted by Gasteiger charge is 2.13. The van der Waals surface area contributed by atoms with Crippen LogP contribution < -0.4 is 15.1 Å². The van der Waals surface area contributed by atoms with Gasteiger partial charge in [-0.3, -0.25) is 4.79 Å². The maximum absolute atomic E-state index is 11.7. The van der Waals surface area contributed by atoms with E-state index < -0.39 is 0 Å². The van der Waals surface area contributed by atoms with Crippen molar-refractivity contribution in [3.05, 3.63) is 69.1 Å². The molecular formula is C22H22O5. The zero-order valence-corrected chi connectivity index (χ0v) is 15.9. The summed E-state index contributed by atoms with van der Waals surface area (Å²) in [6.07, 6.45) is 0. The van der Waals surface area contributed by atoms with Gasteiger partial charge in [-0.15, -0.1) is 0 Å². The van der Waals surface area contributed by atoms with Crippen LogP contribution in [-0.4, -0.2) is 12.4 Å². The smallest absolute Gasteiger partial charge is 0.336 e. The lowest BCUT2D eigenvalue weighted by Gasteiger charge is -2.14. The van der Waals surface area contributed by atoms with Gasteiger partial charge in [0.15, 0.2) is 5.78 Å². The number of carbonyl (C=O) groups is 1. The first-order valence-corrected chi connectivity index (χ1v) is 8.84. The zero-order valence-electron chi connectivity index (χ0n) is 15.9. The molecule has 3 aromatic rings. The van der Waals surface area contributed by atoms with Gasteiger partial charge in [-0.25, -0.2) is 4.79 Å². The van der Waals surface area contributed by atoms with Crippen LogP contribution >= 0.6 is 0 Å². The lowest BCUT2D eigenvalue weighted by atomic mass is 10.1. The van der Waals surface area contributed by atoms with Crippen molar-refractivity contribution in [1.82, 2.24) is 0 Å². The Morgan fingerprint density at radius 1 is 1.04 bits per heavy atom. The lowest BCUT2D eigenvalue weighted by molar-refractivity contribution is 0.101. The van der Waals surface area contributed by atoms with Crippen molar-refractivity contribution >= 4 is 16.8 Å². The van der Waals surface area contributed by atoms with Gasteiger partial charge in [0.2, 0.25) is 0 Å². The van der Waals surface area contributed by atoms with Crippen LogP contribution in [-0.2, 0) is 6.61 Å². The highest BCUT2D eigenvalue weighted by atomic mass is 16.5. The SMILES string of the molecule is CCOc1ccc(C(C)=O)cc1COc1ccc2c(C)cc(=O)oc2c1C. The van der Waals surface area contributed by atoms with E-state index in [9.17, 15) is 9.59 Å². The molecule has 0 unspecified atom stereocenters. The van der Waals surface area contributed by atoms with Crippen LogP contribution in [0.25, 0.3) is 11.0 Å². The summed E-state index contributed by atoms with van der Waals surface area (Å²) in [4.78, 5) is 23.4. The van der Waals surface area contributed by atoms with Gasteiger partial charge in [0, 0.05) is 28.1 Å². The van der Waals surface area contributed by atoms with Crippen molar-refractivity contribution in [3.63, 3.8) is 0 Å². The largest absolute Gasteiger partial charge is 0.493 e. The molecular weight excluding hydrogens is 344 g/mol. The van der Waals surface area contributed by atoms with Crippen molar-refractivity contribution in [2.24, 2.45) is 0 Å². The Morgan fingerprint density at radius 3 is 2.48 bits per heavy atom. The van der Waals surface area contributed by atoms with Gasteiger partial charge in [0.25, 0.3) is 0 Å². The summed E-state index contributed by atoms with van der Waals surface area (Å²) in [5, 5.41) is 0.882. The molecule has 0 aliphatic rings. The molecule has 0 atom stereocenters. The Morgan fingerprint density at radius 2 is 1.78 bits per heavy atom. The number of rotatable bonds is 6. The fourth-order valence-corrected chi connectivity index (χ4v) is 3.02. The Labute approximate surface area is 157 Å². The Balaban J connectivity index is 1.95. The standard InChI is InChI=1S/C22H22O5/c1-5-25-20-8-6-16(15(4)23)11-17(20)12-26-19-9-7-18-13(2)10-21(24)27-22(18)14(19)3/h6-11H,5,12H2,1-4H3. The fourth-order valence-electron chi connectivity index (χ4n) is 3.02. The van der Waals surface area contributed by atoms with E-state index in [0.717, 1.165) is 22.1 Å². The van der Waals surface area contributed by atoms with Crippen molar-refractivity contribution in [2.75, 3.05) is 6.61 Å². The number of benzene rings is 2. The summed E-state index contributed by atoms with van der Waals surface area (Å²) >= 11 is 0. The molecule has 0 bridgehead atoms. The second-order valence-electron chi connectivity index (χ2n) is 6.41. The molecule has 0 spiro atoms. The zero-order chi connectivity index (χ0) is 19.6. The quantitative estimate of drug-likeness (QED) is 0.471. The van der Waals surface area contributed by atoms with E-state index in [0.29, 0.717) is 29.3 Å². The van der Waals surface area contributed by atoms with Crippen molar-refractivity contribution < 1.29 is 18.7 Å². The molecule has 0 amide bonds. The average molecular weight is 366 g/mol. The summed E-state index contributed by atoms with van der Waals surface area (Å²) < 4.78 is 17.0. The van der Waals surface area contributed by atoms with Gasteiger partial charge in [-0.1, -0.05) is 0 Å². The molecule has 0 radical (unpaired) electrons. The van der Waals surface area contributed by atoms with Gasteiger partial charge >= 0.3 is 5.63 Å². The van der Waals surface area contributed by atoms with Gasteiger partial charge in [0.1, 0.15) is 23.7 Å². The first kappa shape index (κ1) is 18.7. The van der Waals surface area contributed by atoms with E-state index in [-0.39, 0.29) is 18.0 Å². The fraction of sp³-hybridized carbons (Fsp3) is 0.273. The molecule has 2 aromatic carbocycles. The van der Waals surface area contributed by atoms with Crippen LogP contribution in [0.3, 0.4) is 0 Å². The van der Waals surface area contributed by atoms with E-state index in [1.54, 1.807) is 18.2 Å². The highest BCUT2D eigenvalue weighted by molar-refractivity contribution is 5.94. The van der Waals surface area contributed by atoms with E-state index in [4.69, 9.17) is 13.9 Å². The van der Waals surface area contributed by atoms with E-state index in [1.807, 2.05) is 32.9 Å². The van der Waals surface area contributed by atoms with E-state index >= 15 is 0 Å². The third kappa shape index (κ3) is 3.87. The molecule has 27 heavy (non-hydrogen) atoms. The van der Waals surface area contributed by atoms with Gasteiger partial charge in [-0.05, 0) is 63.6 Å². The van der Waals surface area contributed by atoms with Crippen LogP contribution in [0.2, 0.25) is 0 Å². The topological polar surface area (TPSA) is 65.7 Å². The summed E-state index contributed by atoms with van der Waals surface area (Å²) in [7, 11) is 0. The van der Waals surface area contributed by atoms with Gasteiger partial charge < -0.3 is 13.9 Å². The number of aryl methyl sites for hydroxylation is 2. The molecule has 0 saturated carbocycles. The Kier molecular flexibility index (Phi) is 5.31. The molecule has 0 aliphatic carbocycles. The first-order valence-electron chi connectivity index (χ1n) is 8.84. The Bertz CT molecular complexity index is 1060. The highest BCUT2D eigenvalue weighted by Crippen LogP contribution is 2.30. The molecule has 0 fully saturated rings. The number of carbonyl (C=O) groups excluding carboxylic acids is 1. The molecule has 5 nitrogen and oxygen atoms in total. The Hall–Kier alpha value is -3.08. The molecule has 3 rings (SSSR count). The molecule has 140 valence electrons. The van der Waals surface area contributed by atoms with Gasteiger partial charge in [-0.2, -0.15) is 0 Å². The molecule has 1 aromatic heterocycles. The summed E-state index contributed by atoms with van der Waals surface area (Å²) in [5.74, 6) is 1.29. The minimum atomic E-state index is -0.381. The minimum Gasteiger partial charge on any atom is -0.493 e. The summed E-state index contributed by atoms with van der Waals surface area (Å²) in [5.41, 5.74) is 3.16. The van der Waals surface area contributed by atoms with E-state index in [2.05, 4.69) is 0 Å². The normalized spacial score (nSPS) is 10.8. The predicted octanol–water partition coefficient (Wildman–Crippen LogP) is 4.59. The summed E-state index contributed by atoms with van der Waals surface area (Å²) in [6.45, 7) is 7.92. The second-order valence-corrected chi connectivity index (χ2v) is 6.41. The van der Waals surface area contributed by atoms with Crippen LogP contribution in [0.4, 0.5) is 0 Å². The number of hydrogen-bond donors (Lipinski definition) is 0. The van der Waals surface area contributed by atoms with Crippen molar-refractivity contribution in [3.8, 4) is 11.5 Å². The minimum absolute atomic E-state index is 0.0153.